The molecule has 1 aromatic carbocycles. The van der Waals surface area contributed by atoms with Gasteiger partial charge in [0, 0.05) is 32.0 Å². The fourth-order valence-electron chi connectivity index (χ4n) is 4.46. The fourth-order valence-corrected chi connectivity index (χ4v) is 4.46. The lowest BCUT2D eigenvalue weighted by Crippen LogP contribution is -2.32. The molecule has 1 aliphatic heterocycles. The quantitative estimate of drug-likeness (QED) is 0.545. The molecular weight excluding hydrogens is 402 g/mol. The van der Waals surface area contributed by atoms with E-state index < -0.39 is 0 Å². The highest BCUT2D eigenvalue weighted by Gasteiger charge is 2.24. The van der Waals surface area contributed by atoms with Crippen LogP contribution in [0.4, 0.5) is 5.69 Å². The maximum Gasteiger partial charge on any atom is 0.255 e. The van der Waals surface area contributed by atoms with Crippen LogP contribution in [0.2, 0.25) is 0 Å². The number of nitrogens with one attached hydrogen (secondary N) is 2. The van der Waals surface area contributed by atoms with E-state index in [4.69, 9.17) is 4.74 Å². The topological polar surface area (TPSA) is 81.1 Å². The third kappa shape index (κ3) is 4.48. The van der Waals surface area contributed by atoms with Crippen molar-refractivity contribution >= 4 is 22.6 Å². The van der Waals surface area contributed by atoms with Crippen molar-refractivity contribution < 1.29 is 9.53 Å². The van der Waals surface area contributed by atoms with Gasteiger partial charge in [0.05, 0.1) is 28.9 Å². The number of ether oxygens (including phenoxy) is 1. The molecule has 1 aliphatic rings. The highest BCUT2D eigenvalue weighted by Crippen LogP contribution is 2.29. The number of aromatic nitrogens is 3. The van der Waals surface area contributed by atoms with Crippen LogP contribution < -0.4 is 10.6 Å². The van der Waals surface area contributed by atoms with Crippen LogP contribution in [-0.4, -0.2) is 39.9 Å². The zero-order chi connectivity index (χ0) is 22.5. The first-order chi connectivity index (χ1) is 15.7. The molecule has 1 atom stereocenters. The van der Waals surface area contributed by atoms with Crippen molar-refractivity contribution in [3.8, 4) is 0 Å². The van der Waals surface area contributed by atoms with Gasteiger partial charge in [0.25, 0.3) is 5.91 Å². The molecule has 7 heteroatoms. The molecule has 0 aliphatic carbocycles. The number of aryl methyl sites for hydroxylation is 2. The molecule has 170 valence electrons. The molecule has 0 saturated carbocycles. The number of amides is 1. The van der Waals surface area contributed by atoms with Crippen LogP contribution in [-0.2, 0) is 17.7 Å². The average Bonchev–Trinajstić information content (AvgIpc) is 3.27. The lowest BCUT2D eigenvalue weighted by molar-refractivity contribution is 0.0903. The summed E-state index contributed by atoms with van der Waals surface area (Å²) >= 11 is 0. The molecule has 2 N–H and O–H groups in total. The van der Waals surface area contributed by atoms with E-state index in [2.05, 4.69) is 52.8 Å². The van der Waals surface area contributed by atoms with Crippen LogP contribution >= 0.6 is 0 Å². The molecule has 0 unspecified atom stereocenters. The Kier molecular flexibility index (Phi) is 7.05. The second-order valence-corrected chi connectivity index (χ2v) is 8.26. The van der Waals surface area contributed by atoms with Gasteiger partial charge < -0.3 is 15.4 Å². The maximum absolute atomic E-state index is 13.5. The van der Waals surface area contributed by atoms with Gasteiger partial charge in [-0.15, -0.1) is 0 Å². The first-order valence-electron chi connectivity index (χ1n) is 11.7. The summed E-state index contributed by atoms with van der Waals surface area (Å²) in [6.45, 7) is 8.47. The summed E-state index contributed by atoms with van der Waals surface area (Å²) in [6.07, 6.45) is 7.07. The molecule has 32 heavy (non-hydrogen) atoms. The SMILES string of the molecule is CCc1ccccc1[C@@H](CC)NC(=O)c1cnc2c(cnn2CC)c1NC1CCOCC1. The van der Waals surface area contributed by atoms with E-state index in [1.807, 2.05) is 23.9 Å². The van der Waals surface area contributed by atoms with Gasteiger partial charge in [-0.25, -0.2) is 9.67 Å². The van der Waals surface area contributed by atoms with E-state index in [1.165, 1.54) is 11.1 Å². The van der Waals surface area contributed by atoms with Crippen molar-refractivity contribution in [1.29, 1.82) is 0 Å². The van der Waals surface area contributed by atoms with Gasteiger partial charge in [-0.05, 0) is 43.7 Å². The minimum absolute atomic E-state index is 0.0522. The van der Waals surface area contributed by atoms with Crippen molar-refractivity contribution in [2.75, 3.05) is 18.5 Å². The van der Waals surface area contributed by atoms with E-state index in [0.717, 1.165) is 62.2 Å². The van der Waals surface area contributed by atoms with Crippen molar-refractivity contribution in [1.82, 2.24) is 20.1 Å². The number of hydrogen-bond donors (Lipinski definition) is 2. The summed E-state index contributed by atoms with van der Waals surface area (Å²) in [5.74, 6) is -0.115. The molecular formula is C25H33N5O2. The number of carbonyl (C=O) groups is 1. The third-order valence-electron chi connectivity index (χ3n) is 6.31. The van der Waals surface area contributed by atoms with Crippen molar-refractivity contribution in [3.63, 3.8) is 0 Å². The summed E-state index contributed by atoms with van der Waals surface area (Å²) in [4.78, 5) is 18.1. The van der Waals surface area contributed by atoms with E-state index >= 15 is 0 Å². The number of hydrogen-bond acceptors (Lipinski definition) is 5. The summed E-state index contributed by atoms with van der Waals surface area (Å²) in [5.41, 5.74) is 4.61. The molecule has 3 aromatic rings. The second kappa shape index (κ2) is 10.1. The van der Waals surface area contributed by atoms with Crippen molar-refractivity contribution in [2.24, 2.45) is 0 Å². The van der Waals surface area contributed by atoms with E-state index in [0.29, 0.717) is 5.56 Å². The molecule has 1 saturated heterocycles. The Labute approximate surface area is 189 Å². The summed E-state index contributed by atoms with van der Waals surface area (Å²) in [5, 5.41) is 12.3. The van der Waals surface area contributed by atoms with Crippen molar-refractivity contribution in [3.05, 3.63) is 53.3 Å². The van der Waals surface area contributed by atoms with E-state index in [9.17, 15) is 4.79 Å². The minimum Gasteiger partial charge on any atom is -0.381 e. The predicted molar refractivity (Wildman–Crippen MR) is 127 cm³/mol. The standard InChI is InChI=1S/C25H33N5O2/c1-4-17-9-7-8-10-19(17)22(5-2)29-25(31)21-15-26-24-20(16-27-30(24)6-3)23(21)28-18-11-13-32-14-12-18/h7-10,15-16,18,22H,4-6,11-14H2,1-3H3,(H,26,28)(H,29,31)/t22-/m1/s1. The summed E-state index contributed by atoms with van der Waals surface area (Å²) in [7, 11) is 0. The molecule has 0 spiro atoms. The highest BCUT2D eigenvalue weighted by molar-refractivity contribution is 6.06. The lowest BCUT2D eigenvalue weighted by atomic mass is 9.96. The van der Waals surface area contributed by atoms with Gasteiger partial charge in [-0.2, -0.15) is 5.10 Å². The highest BCUT2D eigenvalue weighted by atomic mass is 16.5. The van der Waals surface area contributed by atoms with Crippen LogP contribution in [0.25, 0.3) is 11.0 Å². The second-order valence-electron chi connectivity index (χ2n) is 8.26. The summed E-state index contributed by atoms with van der Waals surface area (Å²) in [6, 6.07) is 8.54. The smallest absolute Gasteiger partial charge is 0.255 e. The number of benzene rings is 1. The molecule has 0 bridgehead atoms. The van der Waals surface area contributed by atoms with Gasteiger partial charge in [-0.3, -0.25) is 4.79 Å². The lowest BCUT2D eigenvalue weighted by Gasteiger charge is -2.26. The Morgan fingerprint density at radius 2 is 1.97 bits per heavy atom. The van der Waals surface area contributed by atoms with Gasteiger partial charge >= 0.3 is 0 Å². The Hall–Kier alpha value is -2.93. The molecule has 7 nitrogen and oxygen atoms in total. The average molecular weight is 436 g/mol. The number of anilines is 1. The van der Waals surface area contributed by atoms with Crippen LogP contribution in [0, 0.1) is 0 Å². The normalized spacial score (nSPS) is 15.6. The van der Waals surface area contributed by atoms with Crippen LogP contribution in [0.1, 0.15) is 67.6 Å². The number of nitrogens with zero attached hydrogens (tertiary/aromatic N) is 3. The zero-order valence-corrected chi connectivity index (χ0v) is 19.2. The van der Waals surface area contributed by atoms with Gasteiger partial charge in [-0.1, -0.05) is 38.1 Å². The number of carbonyl (C=O) groups excluding carboxylic acids is 1. The number of fused-ring (bicyclic) bond motifs is 1. The molecule has 4 rings (SSSR count). The summed E-state index contributed by atoms with van der Waals surface area (Å²) < 4.78 is 7.37. The Bertz CT molecular complexity index is 1070. The van der Waals surface area contributed by atoms with E-state index in [1.54, 1.807) is 6.20 Å². The van der Waals surface area contributed by atoms with Gasteiger partial charge in [0.1, 0.15) is 0 Å². The Morgan fingerprint density at radius 3 is 2.69 bits per heavy atom. The van der Waals surface area contributed by atoms with Crippen LogP contribution in [0.15, 0.2) is 36.7 Å². The number of pyridine rings is 1. The molecule has 2 aromatic heterocycles. The fraction of sp³-hybridized carbons (Fsp3) is 0.480. The van der Waals surface area contributed by atoms with Crippen molar-refractivity contribution in [2.45, 2.75) is 65.1 Å². The Morgan fingerprint density at radius 1 is 1.19 bits per heavy atom. The molecule has 3 heterocycles. The molecule has 1 amide bonds. The molecule has 0 radical (unpaired) electrons. The van der Waals surface area contributed by atoms with Crippen LogP contribution in [0.5, 0.6) is 0 Å². The first-order valence-corrected chi connectivity index (χ1v) is 11.7. The Balaban J connectivity index is 1.68. The monoisotopic (exact) mass is 435 g/mol. The van der Waals surface area contributed by atoms with E-state index in [-0.39, 0.29) is 18.0 Å². The van der Waals surface area contributed by atoms with Gasteiger partial charge in [0.15, 0.2) is 5.65 Å². The molecule has 1 fully saturated rings. The largest absolute Gasteiger partial charge is 0.381 e. The predicted octanol–water partition coefficient (Wildman–Crippen LogP) is 4.49. The van der Waals surface area contributed by atoms with Crippen LogP contribution in [0.3, 0.4) is 0 Å². The first kappa shape index (κ1) is 22.3. The minimum atomic E-state index is -0.115. The maximum atomic E-state index is 13.5. The third-order valence-corrected chi connectivity index (χ3v) is 6.31. The number of rotatable bonds is 8. The zero-order valence-electron chi connectivity index (χ0n) is 19.2. The van der Waals surface area contributed by atoms with Gasteiger partial charge in [0.2, 0.25) is 0 Å².